The van der Waals surface area contributed by atoms with Crippen LogP contribution in [-0.2, 0) is 4.74 Å². The zero-order chi connectivity index (χ0) is 10.5. The van der Waals surface area contributed by atoms with Gasteiger partial charge in [0.1, 0.15) is 0 Å². The molecule has 0 spiro atoms. The molecule has 3 rings (SSSR count). The zero-order valence-electron chi connectivity index (χ0n) is 10.2. The van der Waals surface area contributed by atoms with Crippen molar-refractivity contribution in [2.45, 2.75) is 58.5 Å². The molecule has 1 aliphatic heterocycles. The van der Waals surface area contributed by atoms with Crippen LogP contribution in [0.3, 0.4) is 0 Å². The molecule has 0 aromatic rings. The van der Waals surface area contributed by atoms with Crippen LogP contribution in [0.25, 0.3) is 0 Å². The van der Waals surface area contributed by atoms with E-state index in [2.05, 4.69) is 13.8 Å². The summed E-state index contributed by atoms with van der Waals surface area (Å²) in [5.74, 6) is 2.91. The fourth-order valence-electron chi connectivity index (χ4n) is 4.67. The fourth-order valence-corrected chi connectivity index (χ4v) is 4.67. The minimum absolute atomic E-state index is 0.608. The molecule has 86 valence electrons. The van der Waals surface area contributed by atoms with E-state index >= 15 is 0 Å². The van der Waals surface area contributed by atoms with Crippen molar-refractivity contribution in [3.63, 3.8) is 0 Å². The number of hydrogen-bond donors (Lipinski definition) is 0. The van der Waals surface area contributed by atoms with Gasteiger partial charge >= 0.3 is 0 Å². The topological polar surface area (TPSA) is 9.23 Å². The standard InChI is InChI=1S/C14H24O/c1-14(2)8-3-4-10-11-7-9-15-13(11)6-5-12(10)14/h10-13H,3-9H2,1-2H3. The Bertz CT molecular complexity index is 246. The lowest BCUT2D eigenvalue weighted by Crippen LogP contribution is -2.44. The third kappa shape index (κ3) is 1.54. The predicted octanol–water partition coefficient (Wildman–Crippen LogP) is 3.63. The van der Waals surface area contributed by atoms with Crippen LogP contribution in [0.15, 0.2) is 0 Å². The monoisotopic (exact) mass is 208 g/mol. The van der Waals surface area contributed by atoms with E-state index in [0.717, 1.165) is 24.4 Å². The van der Waals surface area contributed by atoms with Crippen LogP contribution < -0.4 is 0 Å². The number of fused-ring (bicyclic) bond motifs is 3. The summed E-state index contributed by atoms with van der Waals surface area (Å²) < 4.78 is 5.87. The van der Waals surface area contributed by atoms with Gasteiger partial charge in [-0.1, -0.05) is 20.3 Å². The van der Waals surface area contributed by atoms with Crippen molar-refractivity contribution in [3.05, 3.63) is 0 Å². The molecular weight excluding hydrogens is 184 g/mol. The third-order valence-corrected chi connectivity index (χ3v) is 5.45. The molecule has 2 saturated carbocycles. The molecule has 0 radical (unpaired) electrons. The second-order valence-electron chi connectivity index (χ2n) is 6.59. The van der Waals surface area contributed by atoms with Gasteiger partial charge in [0, 0.05) is 6.61 Å². The summed E-state index contributed by atoms with van der Waals surface area (Å²) >= 11 is 0. The predicted molar refractivity (Wildman–Crippen MR) is 61.7 cm³/mol. The van der Waals surface area contributed by atoms with E-state index in [0.29, 0.717) is 11.5 Å². The Hall–Kier alpha value is -0.0400. The summed E-state index contributed by atoms with van der Waals surface area (Å²) in [6.07, 6.45) is 9.15. The normalized spacial score (nSPS) is 48.4. The second-order valence-corrected chi connectivity index (χ2v) is 6.59. The van der Waals surface area contributed by atoms with Gasteiger partial charge in [-0.15, -0.1) is 0 Å². The van der Waals surface area contributed by atoms with E-state index in [1.165, 1.54) is 38.5 Å². The number of hydrogen-bond acceptors (Lipinski definition) is 1. The summed E-state index contributed by atoms with van der Waals surface area (Å²) in [6, 6.07) is 0. The first-order chi connectivity index (χ1) is 7.18. The SMILES string of the molecule is CC1(C)CCCC2C3CCOC3CCC21. The Labute approximate surface area is 93.6 Å². The molecule has 1 heteroatoms. The molecule has 0 aromatic carbocycles. The molecule has 4 unspecified atom stereocenters. The minimum atomic E-state index is 0.608. The van der Waals surface area contributed by atoms with Gasteiger partial charge < -0.3 is 4.74 Å². The second kappa shape index (κ2) is 3.48. The Morgan fingerprint density at radius 3 is 2.73 bits per heavy atom. The molecule has 3 fully saturated rings. The van der Waals surface area contributed by atoms with Crippen LogP contribution in [0, 0.1) is 23.2 Å². The summed E-state index contributed by atoms with van der Waals surface area (Å²) in [5, 5.41) is 0. The van der Waals surface area contributed by atoms with Crippen LogP contribution in [0.4, 0.5) is 0 Å². The first-order valence-electron chi connectivity index (χ1n) is 6.80. The van der Waals surface area contributed by atoms with Crippen LogP contribution in [0.1, 0.15) is 52.4 Å². The first-order valence-corrected chi connectivity index (χ1v) is 6.80. The summed E-state index contributed by atoms with van der Waals surface area (Å²) in [7, 11) is 0. The van der Waals surface area contributed by atoms with E-state index in [-0.39, 0.29) is 0 Å². The van der Waals surface area contributed by atoms with E-state index in [1.807, 2.05) is 0 Å². The van der Waals surface area contributed by atoms with Crippen molar-refractivity contribution in [3.8, 4) is 0 Å². The highest BCUT2D eigenvalue weighted by molar-refractivity contribution is 4.98. The van der Waals surface area contributed by atoms with Crippen molar-refractivity contribution in [2.24, 2.45) is 23.2 Å². The first kappa shape index (κ1) is 10.1. The summed E-state index contributed by atoms with van der Waals surface area (Å²) in [5.41, 5.74) is 0.608. The smallest absolute Gasteiger partial charge is 0.0607 e. The molecule has 0 aromatic heterocycles. The largest absolute Gasteiger partial charge is 0.378 e. The highest BCUT2D eigenvalue weighted by Gasteiger charge is 2.48. The third-order valence-electron chi connectivity index (χ3n) is 5.45. The fraction of sp³-hybridized carbons (Fsp3) is 1.00. The van der Waals surface area contributed by atoms with E-state index in [4.69, 9.17) is 4.74 Å². The van der Waals surface area contributed by atoms with Crippen molar-refractivity contribution < 1.29 is 4.74 Å². The molecule has 2 aliphatic carbocycles. The lowest BCUT2D eigenvalue weighted by molar-refractivity contribution is -0.0437. The van der Waals surface area contributed by atoms with Gasteiger partial charge in [-0.3, -0.25) is 0 Å². The lowest BCUT2D eigenvalue weighted by atomic mass is 9.55. The quantitative estimate of drug-likeness (QED) is 0.590. The van der Waals surface area contributed by atoms with Gasteiger partial charge in [-0.25, -0.2) is 0 Å². The molecule has 0 N–H and O–H groups in total. The molecule has 1 nitrogen and oxygen atoms in total. The molecule has 4 atom stereocenters. The molecule has 1 heterocycles. The van der Waals surface area contributed by atoms with Gasteiger partial charge in [0.25, 0.3) is 0 Å². The zero-order valence-corrected chi connectivity index (χ0v) is 10.2. The van der Waals surface area contributed by atoms with Crippen molar-refractivity contribution >= 4 is 0 Å². The van der Waals surface area contributed by atoms with Gasteiger partial charge in [0.15, 0.2) is 0 Å². The van der Waals surface area contributed by atoms with Crippen LogP contribution in [-0.4, -0.2) is 12.7 Å². The van der Waals surface area contributed by atoms with Crippen LogP contribution >= 0.6 is 0 Å². The van der Waals surface area contributed by atoms with Gasteiger partial charge in [0.05, 0.1) is 6.10 Å². The molecule has 1 saturated heterocycles. The molecule has 0 bridgehead atoms. The highest BCUT2D eigenvalue weighted by Crippen LogP contribution is 2.54. The van der Waals surface area contributed by atoms with Crippen molar-refractivity contribution in [2.75, 3.05) is 6.61 Å². The highest BCUT2D eigenvalue weighted by atomic mass is 16.5. The van der Waals surface area contributed by atoms with Crippen LogP contribution in [0.5, 0.6) is 0 Å². The molecule has 0 amide bonds. The Kier molecular flexibility index (Phi) is 2.35. The average molecular weight is 208 g/mol. The van der Waals surface area contributed by atoms with Crippen molar-refractivity contribution in [1.82, 2.24) is 0 Å². The lowest BCUT2D eigenvalue weighted by Gasteiger charge is -2.50. The molecular formula is C14H24O. The summed E-state index contributed by atoms with van der Waals surface area (Å²) in [4.78, 5) is 0. The van der Waals surface area contributed by atoms with Gasteiger partial charge in [-0.2, -0.15) is 0 Å². The minimum Gasteiger partial charge on any atom is -0.378 e. The average Bonchev–Trinajstić information content (AvgIpc) is 2.65. The van der Waals surface area contributed by atoms with E-state index in [1.54, 1.807) is 0 Å². The van der Waals surface area contributed by atoms with Gasteiger partial charge in [-0.05, 0) is 55.3 Å². The van der Waals surface area contributed by atoms with Crippen LogP contribution in [0.2, 0.25) is 0 Å². The number of ether oxygens (including phenoxy) is 1. The van der Waals surface area contributed by atoms with Gasteiger partial charge in [0.2, 0.25) is 0 Å². The van der Waals surface area contributed by atoms with E-state index < -0.39 is 0 Å². The maximum absolute atomic E-state index is 5.87. The Balaban J connectivity index is 1.83. The Morgan fingerprint density at radius 1 is 1.00 bits per heavy atom. The molecule has 15 heavy (non-hydrogen) atoms. The van der Waals surface area contributed by atoms with E-state index in [9.17, 15) is 0 Å². The number of rotatable bonds is 0. The summed E-state index contributed by atoms with van der Waals surface area (Å²) in [6.45, 7) is 6.04. The maximum Gasteiger partial charge on any atom is 0.0607 e. The molecule has 3 aliphatic rings. The maximum atomic E-state index is 5.87. The Morgan fingerprint density at radius 2 is 1.87 bits per heavy atom. The van der Waals surface area contributed by atoms with Crippen molar-refractivity contribution in [1.29, 1.82) is 0 Å².